The SMILES string of the molecule is CCCNc1cc(-c2ccccc2Cl)nc(COCC)n1. The average Bonchev–Trinajstić information content (AvgIpc) is 2.51. The number of halogens is 1. The van der Waals surface area contributed by atoms with Crippen LogP contribution in [0.2, 0.25) is 5.02 Å². The molecule has 0 amide bonds. The molecule has 0 aliphatic rings. The molecule has 21 heavy (non-hydrogen) atoms. The number of aromatic nitrogens is 2. The van der Waals surface area contributed by atoms with Crippen LogP contribution in [0.4, 0.5) is 5.82 Å². The fourth-order valence-corrected chi connectivity index (χ4v) is 2.14. The molecule has 4 nitrogen and oxygen atoms in total. The Bertz CT molecular complexity index is 563. The van der Waals surface area contributed by atoms with Gasteiger partial charge in [0.15, 0.2) is 5.82 Å². The summed E-state index contributed by atoms with van der Waals surface area (Å²) in [4.78, 5) is 9.02. The number of ether oxygens (including phenoxy) is 1. The molecular formula is C16H20ClN3O. The van der Waals surface area contributed by atoms with Crippen LogP contribution in [0, 0.1) is 0 Å². The molecule has 0 unspecified atom stereocenters. The van der Waals surface area contributed by atoms with Gasteiger partial charge in [0.25, 0.3) is 0 Å². The summed E-state index contributed by atoms with van der Waals surface area (Å²) < 4.78 is 5.41. The number of nitrogens with one attached hydrogen (secondary N) is 1. The standard InChI is InChI=1S/C16H20ClN3O/c1-3-9-18-15-10-14(12-7-5-6-8-13(12)17)19-16(20-15)11-21-4-2/h5-8,10H,3-4,9,11H2,1-2H3,(H,18,19,20). The number of benzene rings is 1. The van der Waals surface area contributed by atoms with E-state index in [0.717, 1.165) is 30.0 Å². The van der Waals surface area contributed by atoms with Crippen LogP contribution in [0.1, 0.15) is 26.1 Å². The first-order valence-electron chi connectivity index (χ1n) is 7.19. The highest BCUT2D eigenvalue weighted by atomic mass is 35.5. The molecule has 5 heteroatoms. The molecule has 0 saturated heterocycles. The van der Waals surface area contributed by atoms with E-state index >= 15 is 0 Å². The number of anilines is 1. The Balaban J connectivity index is 2.36. The Morgan fingerprint density at radius 3 is 2.71 bits per heavy atom. The quantitative estimate of drug-likeness (QED) is 0.834. The lowest BCUT2D eigenvalue weighted by Gasteiger charge is -2.10. The molecule has 112 valence electrons. The van der Waals surface area contributed by atoms with Crippen LogP contribution >= 0.6 is 11.6 Å². The summed E-state index contributed by atoms with van der Waals surface area (Å²) in [6, 6.07) is 9.60. The Labute approximate surface area is 130 Å². The van der Waals surface area contributed by atoms with Crippen molar-refractivity contribution in [2.24, 2.45) is 0 Å². The minimum atomic E-state index is 0.398. The smallest absolute Gasteiger partial charge is 0.157 e. The third kappa shape index (κ3) is 4.41. The molecular weight excluding hydrogens is 286 g/mol. The first kappa shape index (κ1) is 15.7. The van der Waals surface area contributed by atoms with E-state index in [1.807, 2.05) is 37.3 Å². The van der Waals surface area contributed by atoms with Crippen molar-refractivity contribution in [2.45, 2.75) is 26.9 Å². The van der Waals surface area contributed by atoms with Crippen LogP contribution in [0.5, 0.6) is 0 Å². The summed E-state index contributed by atoms with van der Waals surface area (Å²) in [5.41, 5.74) is 1.71. The molecule has 1 aromatic heterocycles. The fraction of sp³-hybridized carbons (Fsp3) is 0.375. The number of nitrogens with zero attached hydrogens (tertiary/aromatic N) is 2. The lowest BCUT2D eigenvalue weighted by atomic mass is 10.1. The van der Waals surface area contributed by atoms with Gasteiger partial charge >= 0.3 is 0 Å². The molecule has 0 bridgehead atoms. The zero-order chi connectivity index (χ0) is 15.1. The zero-order valence-corrected chi connectivity index (χ0v) is 13.2. The third-order valence-corrected chi connectivity index (χ3v) is 3.24. The molecule has 1 N–H and O–H groups in total. The number of hydrogen-bond acceptors (Lipinski definition) is 4. The highest BCUT2D eigenvalue weighted by Crippen LogP contribution is 2.27. The lowest BCUT2D eigenvalue weighted by molar-refractivity contribution is 0.128. The van der Waals surface area contributed by atoms with E-state index in [1.165, 1.54) is 0 Å². The van der Waals surface area contributed by atoms with Gasteiger partial charge in [-0.15, -0.1) is 0 Å². The minimum absolute atomic E-state index is 0.398. The predicted octanol–water partition coefficient (Wildman–Crippen LogP) is 4.16. The molecule has 1 heterocycles. The summed E-state index contributed by atoms with van der Waals surface area (Å²) in [6.07, 6.45) is 1.03. The van der Waals surface area contributed by atoms with E-state index in [1.54, 1.807) is 0 Å². The lowest BCUT2D eigenvalue weighted by Crippen LogP contribution is -2.07. The first-order valence-corrected chi connectivity index (χ1v) is 7.56. The average molecular weight is 306 g/mol. The van der Waals surface area contributed by atoms with Crippen molar-refractivity contribution in [3.63, 3.8) is 0 Å². The van der Waals surface area contributed by atoms with Gasteiger partial charge in [0, 0.05) is 29.8 Å². The third-order valence-electron chi connectivity index (χ3n) is 2.91. The van der Waals surface area contributed by atoms with E-state index in [9.17, 15) is 0 Å². The largest absolute Gasteiger partial charge is 0.374 e. The van der Waals surface area contributed by atoms with E-state index in [4.69, 9.17) is 16.3 Å². The Kier molecular flexibility index (Phi) is 5.96. The topological polar surface area (TPSA) is 47.0 Å². The van der Waals surface area contributed by atoms with E-state index in [0.29, 0.717) is 24.1 Å². The second-order valence-corrected chi connectivity index (χ2v) is 5.01. The van der Waals surface area contributed by atoms with Crippen LogP contribution in [-0.2, 0) is 11.3 Å². The van der Waals surface area contributed by atoms with Gasteiger partial charge in [-0.1, -0.05) is 36.7 Å². The van der Waals surface area contributed by atoms with Crippen LogP contribution in [-0.4, -0.2) is 23.1 Å². The van der Waals surface area contributed by atoms with E-state index < -0.39 is 0 Å². The highest BCUT2D eigenvalue weighted by molar-refractivity contribution is 6.33. The van der Waals surface area contributed by atoms with Gasteiger partial charge in [-0.05, 0) is 19.4 Å². The van der Waals surface area contributed by atoms with Gasteiger partial charge in [0.05, 0.1) is 5.69 Å². The maximum absolute atomic E-state index is 6.26. The zero-order valence-electron chi connectivity index (χ0n) is 12.4. The monoisotopic (exact) mass is 305 g/mol. The molecule has 1 aromatic carbocycles. The molecule has 0 aliphatic heterocycles. The maximum Gasteiger partial charge on any atom is 0.157 e. The molecule has 0 atom stereocenters. The van der Waals surface area contributed by atoms with E-state index in [2.05, 4.69) is 22.2 Å². The summed E-state index contributed by atoms with van der Waals surface area (Å²) >= 11 is 6.26. The van der Waals surface area contributed by atoms with E-state index in [-0.39, 0.29) is 0 Å². The highest BCUT2D eigenvalue weighted by Gasteiger charge is 2.09. The first-order chi connectivity index (χ1) is 10.2. The van der Waals surface area contributed by atoms with Crippen molar-refractivity contribution in [3.05, 3.63) is 41.2 Å². The molecule has 0 aliphatic carbocycles. The minimum Gasteiger partial charge on any atom is -0.374 e. The summed E-state index contributed by atoms with van der Waals surface area (Å²) in [7, 11) is 0. The summed E-state index contributed by atoms with van der Waals surface area (Å²) in [5, 5.41) is 3.97. The van der Waals surface area contributed by atoms with Gasteiger partial charge in [-0.25, -0.2) is 9.97 Å². The van der Waals surface area contributed by atoms with Crippen molar-refractivity contribution in [3.8, 4) is 11.3 Å². The maximum atomic E-state index is 6.26. The number of hydrogen-bond donors (Lipinski definition) is 1. The second-order valence-electron chi connectivity index (χ2n) is 4.60. The van der Waals surface area contributed by atoms with Gasteiger partial charge in [-0.3, -0.25) is 0 Å². The van der Waals surface area contributed by atoms with Gasteiger partial charge in [0.1, 0.15) is 12.4 Å². The van der Waals surface area contributed by atoms with Crippen molar-refractivity contribution in [1.29, 1.82) is 0 Å². The summed E-state index contributed by atoms with van der Waals surface area (Å²) in [6.45, 7) is 5.97. The predicted molar refractivity (Wildman–Crippen MR) is 86.6 cm³/mol. The molecule has 0 saturated carbocycles. The van der Waals surface area contributed by atoms with Crippen molar-refractivity contribution in [2.75, 3.05) is 18.5 Å². The Hall–Kier alpha value is -1.65. The Morgan fingerprint density at radius 1 is 1.19 bits per heavy atom. The van der Waals surface area contributed by atoms with Crippen molar-refractivity contribution >= 4 is 17.4 Å². The van der Waals surface area contributed by atoms with Gasteiger partial charge in [0.2, 0.25) is 0 Å². The van der Waals surface area contributed by atoms with Crippen LogP contribution in [0.15, 0.2) is 30.3 Å². The van der Waals surface area contributed by atoms with Crippen LogP contribution in [0.3, 0.4) is 0 Å². The molecule has 0 fully saturated rings. The van der Waals surface area contributed by atoms with Gasteiger partial charge < -0.3 is 10.1 Å². The molecule has 2 rings (SSSR count). The van der Waals surface area contributed by atoms with Crippen molar-refractivity contribution in [1.82, 2.24) is 9.97 Å². The van der Waals surface area contributed by atoms with Crippen LogP contribution < -0.4 is 5.32 Å². The molecule has 0 spiro atoms. The molecule has 0 radical (unpaired) electrons. The molecule has 2 aromatic rings. The van der Waals surface area contributed by atoms with Crippen molar-refractivity contribution < 1.29 is 4.74 Å². The Morgan fingerprint density at radius 2 is 2.00 bits per heavy atom. The second kappa shape index (κ2) is 7.96. The van der Waals surface area contributed by atoms with Gasteiger partial charge in [-0.2, -0.15) is 0 Å². The fourth-order valence-electron chi connectivity index (χ4n) is 1.91. The summed E-state index contributed by atoms with van der Waals surface area (Å²) in [5.74, 6) is 1.46. The number of rotatable bonds is 7. The normalized spacial score (nSPS) is 10.6. The van der Waals surface area contributed by atoms with Crippen LogP contribution in [0.25, 0.3) is 11.3 Å².